The standard InChI is InChI=1S/C23H32/c1-6-18(4)19-14-16-20(17-15-19)22(7-2)23(5,8-3)21-12-10-9-11-13-21/h9-18,22H,6-8H2,1-5H3. The third kappa shape index (κ3) is 3.68. The van der Waals surface area contributed by atoms with Gasteiger partial charge in [-0.25, -0.2) is 0 Å². The van der Waals surface area contributed by atoms with Gasteiger partial charge in [-0.1, -0.05) is 89.2 Å². The maximum atomic E-state index is 2.43. The lowest BCUT2D eigenvalue weighted by Crippen LogP contribution is -2.29. The summed E-state index contributed by atoms with van der Waals surface area (Å²) in [4.78, 5) is 0. The van der Waals surface area contributed by atoms with Crippen molar-refractivity contribution in [1.29, 1.82) is 0 Å². The van der Waals surface area contributed by atoms with E-state index in [1.165, 1.54) is 29.5 Å². The van der Waals surface area contributed by atoms with Gasteiger partial charge in [-0.3, -0.25) is 0 Å². The van der Waals surface area contributed by atoms with E-state index in [0.29, 0.717) is 11.8 Å². The summed E-state index contributed by atoms with van der Waals surface area (Å²) in [6.45, 7) is 11.6. The first kappa shape index (κ1) is 17.8. The molecule has 2 aromatic carbocycles. The van der Waals surface area contributed by atoms with Crippen molar-refractivity contribution in [3.63, 3.8) is 0 Å². The van der Waals surface area contributed by atoms with Crippen molar-refractivity contribution in [3.05, 3.63) is 71.3 Å². The zero-order valence-electron chi connectivity index (χ0n) is 15.5. The molecule has 0 saturated heterocycles. The van der Waals surface area contributed by atoms with E-state index in [-0.39, 0.29) is 5.41 Å². The molecule has 0 heteroatoms. The lowest BCUT2D eigenvalue weighted by Gasteiger charge is -2.38. The van der Waals surface area contributed by atoms with Gasteiger partial charge in [0.15, 0.2) is 0 Å². The number of benzene rings is 2. The van der Waals surface area contributed by atoms with E-state index in [0.717, 1.165) is 6.42 Å². The zero-order chi connectivity index (χ0) is 16.9. The van der Waals surface area contributed by atoms with Gasteiger partial charge in [0, 0.05) is 0 Å². The molecule has 0 N–H and O–H groups in total. The van der Waals surface area contributed by atoms with Crippen LogP contribution in [0.2, 0.25) is 0 Å². The second-order valence-corrected chi connectivity index (χ2v) is 7.07. The third-order valence-electron chi connectivity index (χ3n) is 5.87. The molecule has 2 aromatic rings. The lowest BCUT2D eigenvalue weighted by molar-refractivity contribution is 0.353. The normalized spacial score (nSPS) is 16.6. The van der Waals surface area contributed by atoms with Gasteiger partial charge in [-0.15, -0.1) is 0 Å². The summed E-state index contributed by atoms with van der Waals surface area (Å²) in [5.41, 5.74) is 4.59. The second-order valence-electron chi connectivity index (χ2n) is 7.07. The molecule has 0 aliphatic carbocycles. The Morgan fingerprint density at radius 1 is 0.783 bits per heavy atom. The van der Waals surface area contributed by atoms with Crippen LogP contribution >= 0.6 is 0 Å². The molecule has 0 saturated carbocycles. The molecule has 3 unspecified atom stereocenters. The molecule has 0 radical (unpaired) electrons. The van der Waals surface area contributed by atoms with Crippen molar-refractivity contribution in [2.75, 3.05) is 0 Å². The monoisotopic (exact) mass is 308 g/mol. The van der Waals surface area contributed by atoms with E-state index in [9.17, 15) is 0 Å². The minimum Gasteiger partial charge on any atom is -0.0648 e. The molecule has 0 aliphatic rings. The minimum atomic E-state index is 0.188. The molecule has 23 heavy (non-hydrogen) atoms. The molecule has 0 aliphatic heterocycles. The first-order chi connectivity index (χ1) is 11.1. The molecule has 0 amide bonds. The zero-order valence-corrected chi connectivity index (χ0v) is 15.5. The predicted octanol–water partition coefficient (Wildman–Crippen LogP) is 7.06. The van der Waals surface area contributed by atoms with Gasteiger partial charge in [-0.2, -0.15) is 0 Å². The van der Waals surface area contributed by atoms with Gasteiger partial charge in [0.2, 0.25) is 0 Å². The molecular weight excluding hydrogens is 276 g/mol. The third-order valence-corrected chi connectivity index (χ3v) is 5.87. The van der Waals surface area contributed by atoms with Gasteiger partial charge in [0.05, 0.1) is 0 Å². The van der Waals surface area contributed by atoms with Crippen molar-refractivity contribution in [1.82, 2.24) is 0 Å². The van der Waals surface area contributed by atoms with Crippen molar-refractivity contribution in [2.24, 2.45) is 0 Å². The molecule has 0 spiro atoms. The van der Waals surface area contributed by atoms with Gasteiger partial charge in [0.1, 0.15) is 0 Å². The van der Waals surface area contributed by atoms with Crippen LogP contribution in [0, 0.1) is 0 Å². The van der Waals surface area contributed by atoms with Crippen LogP contribution in [-0.2, 0) is 5.41 Å². The minimum absolute atomic E-state index is 0.188. The molecule has 0 nitrogen and oxygen atoms in total. The highest BCUT2D eigenvalue weighted by Crippen LogP contribution is 2.43. The highest BCUT2D eigenvalue weighted by atomic mass is 14.4. The van der Waals surface area contributed by atoms with E-state index < -0.39 is 0 Å². The summed E-state index contributed by atoms with van der Waals surface area (Å²) in [7, 11) is 0. The van der Waals surface area contributed by atoms with Crippen LogP contribution in [0.3, 0.4) is 0 Å². The first-order valence-corrected chi connectivity index (χ1v) is 9.22. The van der Waals surface area contributed by atoms with Crippen LogP contribution in [0.15, 0.2) is 54.6 Å². The van der Waals surface area contributed by atoms with Crippen LogP contribution in [0.1, 0.15) is 82.4 Å². The fourth-order valence-electron chi connectivity index (χ4n) is 3.82. The van der Waals surface area contributed by atoms with E-state index >= 15 is 0 Å². The Labute approximate surface area is 143 Å². The van der Waals surface area contributed by atoms with Crippen LogP contribution in [-0.4, -0.2) is 0 Å². The molecule has 2 rings (SSSR count). The molecule has 0 bridgehead atoms. The van der Waals surface area contributed by atoms with Crippen LogP contribution in [0.4, 0.5) is 0 Å². The molecule has 3 atom stereocenters. The Bertz CT molecular complexity index is 581. The summed E-state index contributed by atoms with van der Waals surface area (Å²) in [5.74, 6) is 1.21. The molecular formula is C23H32. The highest BCUT2D eigenvalue weighted by Gasteiger charge is 2.34. The van der Waals surface area contributed by atoms with Crippen molar-refractivity contribution >= 4 is 0 Å². The molecule has 0 fully saturated rings. The average Bonchev–Trinajstić information content (AvgIpc) is 2.62. The van der Waals surface area contributed by atoms with Crippen molar-refractivity contribution in [2.45, 2.75) is 71.1 Å². The quantitative estimate of drug-likeness (QED) is 0.513. The maximum Gasteiger partial charge on any atom is -0.000938 e. The number of hydrogen-bond donors (Lipinski definition) is 0. The van der Waals surface area contributed by atoms with E-state index in [4.69, 9.17) is 0 Å². The van der Waals surface area contributed by atoms with Crippen molar-refractivity contribution in [3.8, 4) is 0 Å². The number of rotatable bonds is 7. The SMILES string of the molecule is CCC(C)c1ccc(C(CC)C(C)(CC)c2ccccc2)cc1. The van der Waals surface area contributed by atoms with Gasteiger partial charge in [0.25, 0.3) is 0 Å². The summed E-state index contributed by atoms with van der Waals surface area (Å²) in [5, 5.41) is 0. The topological polar surface area (TPSA) is 0 Å². The van der Waals surface area contributed by atoms with Crippen LogP contribution < -0.4 is 0 Å². The van der Waals surface area contributed by atoms with Gasteiger partial charge >= 0.3 is 0 Å². The van der Waals surface area contributed by atoms with Crippen molar-refractivity contribution < 1.29 is 0 Å². The smallest absolute Gasteiger partial charge is 0.000938 e. The lowest BCUT2D eigenvalue weighted by atomic mass is 9.66. The molecule has 0 aromatic heterocycles. The van der Waals surface area contributed by atoms with Gasteiger partial charge < -0.3 is 0 Å². The average molecular weight is 309 g/mol. The highest BCUT2D eigenvalue weighted by molar-refractivity contribution is 5.35. The summed E-state index contributed by atoms with van der Waals surface area (Å²) in [6.07, 6.45) is 3.53. The Kier molecular flexibility index (Phi) is 6.04. The Balaban J connectivity index is 2.37. The Hall–Kier alpha value is -1.56. The van der Waals surface area contributed by atoms with Crippen LogP contribution in [0.25, 0.3) is 0 Å². The van der Waals surface area contributed by atoms with E-state index in [1.807, 2.05) is 0 Å². The molecule has 0 heterocycles. The Morgan fingerprint density at radius 2 is 1.35 bits per heavy atom. The first-order valence-electron chi connectivity index (χ1n) is 9.22. The second kappa shape index (κ2) is 7.81. The van der Waals surface area contributed by atoms with Gasteiger partial charge in [-0.05, 0) is 53.2 Å². The largest absolute Gasteiger partial charge is 0.0648 e. The summed E-state index contributed by atoms with van der Waals surface area (Å²) < 4.78 is 0. The van der Waals surface area contributed by atoms with E-state index in [1.54, 1.807) is 0 Å². The molecule has 124 valence electrons. The maximum absolute atomic E-state index is 2.43. The Morgan fingerprint density at radius 3 is 1.83 bits per heavy atom. The summed E-state index contributed by atoms with van der Waals surface area (Å²) in [6, 6.07) is 20.4. The number of hydrogen-bond acceptors (Lipinski definition) is 0. The van der Waals surface area contributed by atoms with Crippen LogP contribution in [0.5, 0.6) is 0 Å². The predicted molar refractivity (Wildman–Crippen MR) is 102 cm³/mol. The fourth-order valence-corrected chi connectivity index (χ4v) is 3.82. The van der Waals surface area contributed by atoms with E-state index in [2.05, 4.69) is 89.2 Å². The fraction of sp³-hybridized carbons (Fsp3) is 0.478. The summed E-state index contributed by atoms with van der Waals surface area (Å²) >= 11 is 0.